The summed E-state index contributed by atoms with van der Waals surface area (Å²) in [6.07, 6.45) is 3.39. The third-order valence-electron chi connectivity index (χ3n) is 7.44. The Hall–Kier alpha value is -3.63. The number of carbonyl (C=O) groups is 3. The fraction of sp³-hybridized carbons (Fsp3) is 0.250. The summed E-state index contributed by atoms with van der Waals surface area (Å²) >= 11 is 0. The van der Waals surface area contributed by atoms with Crippen molar-refractivity contribution in [3.05, 3.63) is 87.0 Å². The van der Waals surface area contributed by atoms with Gasteiger partial charge in [-0.1, -0.05) is 65.9 Å². The third-order valence-corrected chi connectivity index (χ3v) is 8.12. The van der Waals surface area contributed by atoms with Crippen LogP contribution in [0.25, 0.3) is 0 Å². The summed E-state index contributed by atoms with van der Waals surface area (Å²) in [5.74, 6) is -3.29. The van der Waals surface area contributed by atoms with Crippen LogP contribution < -0.4 is 14.9 Å². The van der Waals surface area contributed by atoms with Gasteiger partial charge in [-0.3, -0.25) is 4.55 Å². The van der Waals surface area contributed by atoms with Gasteiger partial charge in [0.05, 0.1) is 11.1 Å². The molecular weight excluding hydrogens is 577 g/mol. The van der Waals surface area contributed by atoms with E-state index < -0.39 is 40.4 Å². The molecule has 0 amide bonds. The fourth-order valence-corrected chi connectivity index (χ4v) is 5.41. The molecule has 0 aliphatic heterocycles. The van der Waals surface area contributed by atoms with Crippen LogP contribution in [0.2, 0.25) is 0 Å². The van der Waals surface area contributed by atoms with Crippen LogP contribution in [0, 0.1) is 0 Å². The highest BCUT2D eigenvalue weighted by atomic mass is 32.2. The SMILES string of the molecule is BCc1cc(B)c(CB)c(C(=O)Oc2cc(OC(=O)c3cc(CB)cc(CB)c3CB)ccc2C(=O)OCCS(=O)(=O)O)c1. The summed E-state index contributed by atoms with van der Waals surface area (Å²) in [7, 11) is 7.44. The highest BCUT2D eigenvalue weighted by Gasteiger charge is 2.23. The Morgan fingerprint density at radius 1 is 0.682 bits per heavy atom. The predicted octanol–water partition coefficient (Wildman–Crippen LogP) is -2.91. The van der Waals surface area contributed by atoms with E-state index in [1.807, 2.05) is 59.2 Å². The van der Waals surface area contributed by atoms with E-state index in [9.17, 15) is 22.8 Å². The number of rotatable bonds is 13. The molecule has 224 valence electrons. The van der Waals surface area contributed by atoms with Gasteiger partial charge in [-0.25, -0.2) is 14.4 Å². The van der Waals surface area contributed by atoms with Crippen LogP contribution in [0.3, 0.4) is 0 Å². The summed E-state index contributed by atoms with van der Waals surface area (Å²) < 4.78 is 47.7. The van der Waals surface area contributed by atoms with Crippen molar-refractivity contribution < 1.29 is 41.6 Å². The van der Waals surface area contributed by atoms with E-state index in [0.29, 0.717) is 30.1 Å². The number of carbonyl (C=O) groups excluding carboxylic acids is 3. The van der Waals surface area contributed by atoms with E-state index in [2.05, 4.69) is 6.07 Å². The smallest absolute Gasteiger partial charge is 0.343 e. The van der Waals surface area contributed by atoms with Crippen LogP contribution in [0.15, 0.2) is 42.5 Å². The number of esters is 3. The van der Waals surface area contributed by atoms with E-state index >= 15 is 0 Å². The van der Waals surface area contributed by atoms with Crippen molar-refractivity contribution in [1.82, 2.24) is 0 Å². The van der Waals surface area contributed by atoms with Crippen LogP contribution in [0.4, 0.5) is 0 Å². The molecule has 0 heterocycles. The quantitative estimate of drug-likeness (QED) is 0.0936. The van der Waals surface area contributed by atoms with Gasteiger partial charge in [0.2, 0.25) is 0 Å². The van der Waals surface area contributed by atoms with Gasteiger partial charge in [-0.05, 0) is 35.4 Å². The first-order valence-corrected chi connectivity index (χ1v) is 16.4. The minimum absolute atomic E-state index is 0.0310. The van der Waals surface area contributed by atoms with Gasteiger partial charge >= 0.3 is 17.9 Å². The summed E-state index contributed by atoms with van der Waals surface area (Å²) in [5, 5.41) is 0. The molecule has 16 heteroatoms. The Morgan fingerprint density at radius 2 is 1.27 bits per heavy atom. The molecule has 0 bridgehead atoms. The predicted molar refractivity (Wildman–Crippen MR) is 185 cm³/mol. The number of benzene rings is 3. The van der Waals surface area contributed by atoms with Crippen LogP contribution in [0.1, 0.15) is 58.9 Å². The van der Waals surface area contributed by atoms with E-state index in [0.717, 1.165) is 45.9 Å². The molecular formula is C28H34B6O9S. The molecule has 0 atom stereocenters. The number of hydrogen-bond donors (Lipinski definition) is 1. The summed E-state index contributed by atoms with van der Waals surface area (Å²) in [4.78, 5) is 39.9. The van der Waals surface area contributed by atoms with Crippen molar-refractivity contribution in [2.24, 2.45) is 0 Å². The molecule has 0 radical (unpaired) electrons. The average Bonchev–Trinajstić information content (AvgIpc) is 2.99. The maximum Gasteiger partial charge on any atom is 0.343 e. The molecule has 1 N–H and O–H groups in total. The van der Waals surface area contributed by atoms with E-state index in [1.165, 1.54) is 18.2 Å². The van der Waals surface area contributed by atoms with Crippen LogP contribution in [-0.2, 0) is 46.5 Å². The van der Waals surface area contributed by atoms with Crippen LogP contribution >= 0.6 is 0 Å². The second-order valence-corrected chi connectivity index (χ2v) is 11.9. The lowest BCUT2D eigenvalue weighted by atomic mass is 9.78. The van der Waals surface area contributed by atoms with Crippen LogP contribution in [-0.4, -0.2) is 90.3 Å². The second kappa shape index (κ2) is 15.4. The molecule has 0 fully saturated rings. The molecule has 9 nitrogen and oxygen atoms in total. The lowest BCUT2D eigenvalue weighted by Gasteiger charge is -2.16. The van der Waals surface area contributed by atoms with Gasteiger partial charge in [-0.15, -0.1) is 0 Å². The largest absolute Gasteiger partial charge is 0.461 e. The zero-order chi connectivity index (χ0) is 32.6. The van der Waals surface area contributed by atoms with Gasteiger partial charge in [0, 0.05) is 6.07 Å². The van der Waals surface area contributed by atoms with Gasteiger partial charge in [0.15, 0.2) is 0 Å². The van der Waals surface area contributed by atoms with Crippen molar-refractivity contribution in [3.8, 4) is 11.5 Å². The lowest BCUT2D eigenvalue weighted by molar-refractivity contribution is 0.0522. The molecule has 3 aromatic carbocycles. The zero-order valence-corrected chi connectivity index (χ0v) is 26.9. The highest BCUT2D eigenvalue weighted by Crippen LogP contribution is 2.29. The third kappa shape index (κ3) is 8.72. The number of hydrogen-bond acceptors (Lipinski definition) is 8. The Kier molecular flexibility index (Phi) is 12.2. The van der Waals surface area contributed by atoms with Gasteiger partial charge in [0.25, 0.3) is 10.1 Å². The Labute approximate surface area is 264 Å². The molecule has 0 aliphatic rings. The molecule has 3 rings (SSSR count). The maximum atomic E-state index is 13.5. The van der Waals surface area contributed by atoms with Crippen molar-refractivity contribution in [2.45, 2.75) is 31.6 Å². The average molecular weight is 612 g/mol. The first-order valence-electron chi connectivity index (χ1n) is 14.8. The van der Waals surface area contributed by atoms with Crippen molar-refractivity contribution in [1.29, 1.82) is 0 Å². The Balaban J connectivity index is 2.03. The van der Waals surface area contributed by atoms with Crippen molar-refractivity contribution in [3.63, 3.8) is 0 Å². The van der Waals surface area contributed by atoms with E-state index in [4.69, 9.17) is 18.8 Å². The summed E-state index contributed by atoms with van der Waals surface area (Å²) in [6, 6.07) is 11.6. The van der Waals surface area contributed by atoms with Gasteiger partial charge in [-0.2, -0.15) is 8.42 Å². The Bertz CT molecular complexity index is 1680. The van der Waals surface area contributed by atoms with E-state index in [-0.39, 0.29) is 17.1 Å². The van der Waals surface area contributed by atoms with Gasteiger partial charge in [0.1, 0.15) is 76.5 Å². The topological polar surface area (TPSA) is 133 Å². The fourth-order valence-electron chi connectivity index (χ4n) is 5.12. The monoisotopic (exact) mass is 612 g/mol. The molecule has 44 heavy (non-hydrogen) atoms. The second-order valence-electron chi connectivity index (χ2n) is 10.3. The minimum atomic E-state index is -4.37. The van der Waals surface area contributed by atoms with Gasteiger partial charge < -0.3 is 14.2 Å². The molecule has 0 aromatic heterocycles. The summed E-state index contributed by atoms with van der Waals surface area (Å²) in [5.41, 5.74) is 6.20. The molecule has 0 unspecified atom stereocenters. The first-order chi connectivity index (χ1) is 20.8. The normalized spacial score (nSPS) is 11.1. The first kappa shape index (κ1) is 34.9. The maximum absolute atomic E-state index is 13.5. The van der Waals surface area contributed by atoms with Crippen LogP contribution in [0.5, 0.6) is 11.5 Å². The van der Waals surface area contributed by atoms with Crippen molar-refractivity contribution >= 4 is 80.6 Å². The standard InChI is InChI=1S/C28H34B6O9S/c29-10-15-5-17(12-31)22(13-32)20(6-15)27(36)42-18-1-2-19(26(35)41-3-4-44(38,39)40)25(9-18)43-28(37)21-7-16(11-30)8-24(34)23(21)14-33/h1-2,5-9H,3-4,10-14,29-34H2,(H,38,39,40). The molecule has 0 saturated heterocycles. The summed E-state index contributed by atoms with van der Waals surface area (Å²) in [6.45, 7) is -0.618. The lowest BCUT2D eigenvalue weighted by Crippen LogP contribution is -2.22. The number of ether oxygens (including phenoxy) is 3. The minimum Gasteiger partial charge on any atom is -0.461 e. The zero-order valence-electron chi connectivity index (χ0n) is 26.1. The van der Waals surface area contributed by atoms with Crippen molar-refractivity contribution in [2.75, 3.05) is 12.4 Å². The van der Waals surface area contributed by atoms with E-state index in [1.54, 1.807) is 6.07 Å². The molecule has 0 aliphatic carbocycles. The molecule has 0 spiro atoms. The molecule has 0 saturated carbocycles. The Morgan fingerprint density at radius 3 is 1.84 bits per heavy atom. The molecule has 3 aromatic rings. The highest BCUT2D eigenvalue weighted by molar-refractivity contribution is 7.85.